The molecule has 2 rings (SSSR count). The molecule has 0 atom stereocenters. The van der Waals surface area contributed by atoms with E-state index in [1.807, 2.05) is 50.2 Å². The molecule has 0 aliphatic carbocycles. The van der Waals surface area contributed by atoms with Gasteiger partial charge in [0.1, 0.15) is 0 Å². The van der Waals surface area contributed by atoms with Crippen molar-refractivity contribution < 1.29 is 18.9 Å². The number of benzene rings is 2. The molecule has 32 heavy (non-hydrogen) atoms. The van der Waals surface area contributed by atoms with Crippen LogP contribution in [-0.4, -0.2) is 60.3 Å². The van der Waals surface area contributed by atoms with E-state index < -0.39 is 0 Å². The van der Waals surface area contributed by atoms with Gasteiger partial charge in [0, 0.05) is 63.4 Å². The van der Waals surface area contributed by atoms with E-state index in [0.29, 0.717) is 24.7 Å². The smallest absolute Gasteiger partial charge is 0.176 e. The van der Waals surface area contributed by atoms with Crippen molar-refractivity contribution in [2.75, 3.05) is 41.5 Å². The Hall–Kier alpha value is -1.51. The lowest BCUT2D eigenvalue weighted by Gasteiger charge is -2.14. The molecule has 0 saturated carbocycles. The molecule has 2 aromatic carbocycles. The van der Waals surface area contributed by atoms with E-state index in [4.69, 9.17) is 42.1 Å². The molecule has 0 bridgehead atoms. The fraction of sp³-hybridized carbons (Fsp3) is 0.458. The fourth-order valence-corrected chi connectivity index (χ4v) is 3.19. The highest BCUT2D eigenvalue weighted by molar-refractivity contribution is 6.33. The second-order valence-electron chi connectivity index (χ2n) is 7.05. The Labute approximate surface area is 201 Å². The van der Waals surface area contributed by atoms with Crippen molar-refractivity contribution in [3.63, 3.8) is 0 Å². The lowest BCUT2D eigenvalue weighted by atomic mass is 10.1. The lowest BCUT2D eigenvalue weighted by molar-refractivity contribution is -0.0989. The van der Waals surface area contributed by atoms with Crippen LogP contribution in [0.5, 0.6) is 0 Å². The number of hydrogen-bond donors (Lipinski definition) is 1. The van der Waals surface area contributed by atoms with E-state index in [0.717, 1.165) is 21.7 Å². The van der Waals surface area contributed by atoms with E-state index in [1.165, 1.54) is 5.56 Å². The molecule has 0 unspecified atom stereocenters. The molecule has 0 radical (unpaired) electrons. The van der Waals surface area contributed by atoms with E-state index in [-0.39, 0.29) is 12.6 Å². The van der Waals surface area contributed by atoms with Crippen molar-refractivity contribution in [2.45, 2.75) is 33.0 Å². The molecule has 2 aromatic rings. The Morgan fingerprint density at radius 3 is 1.94 bits per heavy atom. The maximum Gasteiger partial charge on any atom is 0.176 e. The summed E-state index contributed by atoms with van der Waals surface area (Å²) in [5.74, 6) is 0. The summed E-state index contributed by atoms with van der Waals surface area (Å²) in [4.78, 5) is 4.21. The van der Waals surface area contributed by atoms with Crippen molar-refractivity contribution in [1.82, 2.24) is 5.32 Å². The van der Waals surface area contributed by atoms with E-state index in [2.05, 4.69) is 10.3 Å². The summed E-state index contributed by atoms with van der Waals surface area (Å²) in [6.45, 7) is 5.82. The van der Waals surface area contributed by atoms with Crippen LogP contribution >= 0.6 is 23.2 Å². The molecule has 0 aromatic heterocycles. The van der Waals surface area contributed by atoms with Gasteiger partial charge in [0.05, 0.1) is 6.54 Å². The molecule has 0 fully saturated rings. The van der Waals surface area contributed by atoms with Crippen molar-refractivity contribution in [3.8, 4) is 0 Å². The van der Waals surface area contributed by atoms with Gasteiger partial charge in [-0.3, -0.25) is 4.99 Å². The molecular formula is C24H34Cl2N2O4. The molecule has 6 nitrogen and oxygen atoms in total. The molecule has 0 aliphatic rings. The number of rotatable bonds is 11. The van der Waals surface area contributed by atoms with Gasteiger partial charge in [-0.25, -0.2) is 0 Å². The number of hydrogen-bond acceptors (Lipinski definition) is 6. The molecule has 1 N–H and O–H groups in total. The van der Waals surface area contributed by atoms with Crippen LogP contribution in [0.2, 0.25) is 10.0 Å². The monoisotopic (exact) mass is 484 g/mol. The summed E-state index contributed by atoms with van der Waals surface area (Å²) in [5, 5.41) is 4.72. The Kier molecular flexibility index (Phi) is 14.4. The topological polar surface area (TPSA) is 61.3 Å². The van der Waals surface area contributed by atoms with Crippen LogP contribution in [0.15, 0.2) is 41.4 Å². The number of aryl methyl sites for hydroxylation is 2. The first-order chi connectivity index (χ1) is 15.3. The van der Waals surface area contributed by atoms with Crippen LogP contribution < -0.4 is 5.32 Å². The molecule has 0 aliphatic heterocycles. The highest BCUT2D eigenvalue weighted by Crippen LogP contribution is 2.17. The standard InChI is InChI=1S/C12H18ClNO2.C12H16ClNO2/c2*1-9-4-5-10(11(13)6-9)7-14-8-12(15-2)16-3/h4-6,12,14H,7-8H2,1-3H3;4-7,12H,8H2,1-3H3. The van der Waals surface area contributed by atoms with Gasteiger partial charge in [-0.2, -0.15) is 0 Å². The number of nitrogens with one attached hydrogen (secondary N) is 1. The fourth-order valence-electron chi connectivity index (χ4n) is 2.60. The quantitative estimate of drug-likeness (QED) is 0.357. The van der Waals surface area contributed by atoms with Crippen LogP contribution in [0.3, 0.4) is 0 Å². The van der Waals surface area contributed by atoms with Gasteiger partial charge in [-0.15, -0.1) is 0 Å². The lowest BCUT2D eigenvalue weighted by Crippen LogP contribution is -2.29. The van der Waals surface area contributed by atoms with Crippen LogP contribution in [0.25, 0.3) is 0 Å². The maximum absolute atomic E-state index is 6.11. The van der Waals surface area contributed by atoms with Crippen molar-refractivity contribution >= 4 is 29.4 Å². The van der Waals surface area contributed by atoms with E-state index in [9.17, 15) is 0 Å². The largest absolute Gasteiger partial charge is 0.355 e. The zero-order valence-corrected chi connectivity index (χ0v) is 21.2. The van der Waals surface area contributed by atoms with Gasteiger partial charge >= 0.3 is 0 Å². The Balaban J connectivity index is 0.000000320. The van der Waals surface area contributed by atoms with Crippen molar-refractivity contribution in [2.24, 2.45) is 4.99 Å². The minimum atomic E-state index is -0.305. The summed E-state index contributed by atoms with van der Waals surface area (Å²) in [6.07, 6.45) is 1.21. The molecule has 8 heteroatoms. The zero-order valence-electron chi connectivity index (χ0n) is 19.7. The summed E-state index contributed by atoms with van der Waals surface area (Å²) < 4.78 is 20.2. The number of nitrogens with zero attached hydrogens (tertiary/aromatic N) is 1. The number of aliphatic imine (C=N–C) groups is 1. The van der Waals surface area contributed by atoms with Crippen molar-refractivity contribution in [3.05, 3.63) is 68.7 Å². The van der Waals surface area contributed by atoms with Crippen LogP contribution in [0, 0.1) is 13.8 Å². The molecule has 178 valence electrons. The minimum absolute atomic E-state index is 0.218. The third kappa shape index (κ3) is 10.9. The third-order valence-electron chi connectivity index (χ3n) is 4.53. The summed E-state index contributed by atoms with van der Waals surface area (Å²) >= 11 is 12.2. The molecule has 0 spiro atoms. The minimum Gasteiger partial charge on any atom is -0.355 e. The van der Waals surface area contributed by atoms with Crippen molar-refractivity contribution in [1.29, 1.82) is 0 Å². The summed E-state index contributed by atoms with van der Waals surface area (Å²) in [5.41, 5.74) is 4.28. The van der Waals surface area contributed by atoms with Crippen LogP contribution in [-0.2, 0) is 25.5 Å². The Bertz CT molecular complexity index is 826. The van der Waals surface area contributed by atoms with E-state index >= 15 is 0 Å². The zero-order chi connectivity index (χ0) is 23.9. The van der Waals surface area contributed by atoms with Crippen LogP contribution in [0.1, 0.15) is 22.3 Å². The van der Waals surface area contributed by atoms with Gasteiger partial charge < -0.3 is 24.3 Å². The van der Waals surface area contributed by atoms with E-state index in [1.54, 1.807) is 34.7 Å². The third-order valence-corrected chi connectivity index (χ3v) is 5.21. The molecule has 0 heterocycles. The van der Waals surface area contributed by atoms with Crippen LogP contribution in [0.4, 0.5) is 0 Å². The molecule has 0 amide bonds. The first-order valence-electron chi connectivity index (χ1n) is 10.2. The highest BCUT2D eigenvalue weighted by atomic mass is 35.5. The predicted octanol–water partition coefficient (Wildman–Crippen LogP) is 5.04. The molecule has 0 saturated heterocycles. The maximum atomic E-state index is 6.11. The van der Waals surface area contributed by atoms with Gasteiger partial charge in [-0.1, -0.05) is 47.5 Å². The van der Waals surface area contributed by atoms with Gasteiger partial charge in [0.15, 0.2) is 12.6 Å². The summed E-state index contributed by atoms with van der Waals surface area (Å²) in [7, 11) is 6.41. The number of halogens is 2. The normalized spacial score (nSPS) is 11.3. The Morgan fingerprint density at radius 1 is 0.844 bits per heavy atom. The highest BCUT2D eigenvalue weighted by Gasteiger charge is 2.05. The second-order valence-corrected chi connectivity index (χ2v) is 7.86. The first-order valence-corrected chi connectivity index (χ1v) is 10.9. The van der Waals surface area contributed by atoms with Gasteiger partial charge in [-0.05, 0) is 42.7 Å². The first kappa shape index (κ1) is 28.5. The van der Waals surface area contributed by atoms with Gasteiger partial charge in [0.25, 0.3) is 0 Å². The molecular weight excluding hydrogens is 451 g/mol. The van der Waals surface area contributed by atoms with Gasteiger partial charge in [0.2, 0.25) is 0 Å². The second kappa shape index (κ2) is 16.2. The Morgan fingerprint density at radius 2 is 1.41 bits per heavy atom. The SMILES string of the molecule is COC(CN=Cc1ccc(C)cc1Cl)OC.COC(CNCc1ccc(C)cc1Cl)OC. The predicted molar refractivity (Wildman–Crippen MR) is 132 cm³/mol. The number of methoxy groups -OCH3 is 4. The number of ether oxygens (including phenoxy) is 4. The average Bonchev–Trinajstić information content (AvgIpc) is 2.77. The summed E-state index contributed by atoms with van der Waals surface area (Å²) in [6, 6.07) is 11.9. The average molecular weight is 485 g/mol.